The highest BCUT2D eigenvalue weighted by Crippen LogP contribution is 2.72. The van der Waals surface area contributed by atoms with E-state index in [0.29, 0.717) is 33.5 Å². The second-order valence-corrected chi connectivity index (χ2v) is 43.1. The molecular formula is C107H134. The minimum atomic E-state index is -0.179. The van der Waals surface area contributed by atoms with Crippen LogP contribution in [0.5, 0.6) is 0 Å². The summed E-state index contributed by atoms with van der Waals surface area (Å²) >= 11 is 0. The summed E-state index contributed by atoms with van der Waals surface area (Å²) in [6.07, 6.45) is 34.8. The first-order valence-corrected chi connectivity index (χ1v) is 44.9. The predicted molar refractivity (Wildman–Crippen MR) is 457 cm³/mol. The van der Waals surface area contributed by atoms with Gasteiger partial charge in [-0.25, -0.2) is 0 Å². The molecular weight excluding hydrogens is 1290 g/mol. The van der Waals surface area contributed by atoms with Crippen molar-refractivity contribution in [3.63, 3.8) is 0 Å². The molecule has 0 aliphatic heterocycles. The van der Waals surface area contributed by atoms with E-state index in [1.807, 2.05) is 0 Å². The van der Waals surface area contributed by atoms with Gasteiger partial charge in [-0.3, -0.25) is 0 Å². The van der Waals surface area contributed by atoms with Gasteiger partial charge in [-0.2, -0.15) is 0 Å². The molecule has 0 spiro atoms. The number of hydrogen-bond acceptors (Lipinski definition) is 0. The zero-order valence-electron chi connectivity index (χ0n) is 69.4. The van der Waals surface area contributed by atoms with Gasteiger partial charge >= 0.3 is 0 Å². The first-order chi connectivity index (χ1) is 51.2. The zero-order valence-corrected chi connectivity index (χ0v) is 69.4. The lowest BCUT2D eigenvalue weighted by molar-refractivity contribution is -0.117. The van der Waals surface area contributed by atoms with Gasteiger partial charge in [0.05, 0.1) is 0 Å². The summed E-state index contributed by atoms with van der Waals surface area (Å²) in [4.78, 5) is 0. The van der Waals surface area contributed by atoms with Crippen molar-refractivity contribution in [2.24, 2.45) is 105 Å². The zero-order chi connectivity index (χ0) is 74.0. The van der Waals surface area contributed by atoms with Crippen LogP contribution in [0.25, 0.3) is 77.2 Å². The summed E-state index contributed by atoms with van der Waals surface area (Å²) in [6, 6.07) is 55.2. The van der Waals surface area contributed by atoms with Crippen molar-refractivity contribution in [2.45, 2.75) is 293 Å². The van der Waals surface area contributed by atoms with Gasteiger partial charge in [-0.1, -0.05) is 246 Å². The number of fused-ring (bicyclic) bond motifs is 23. The van der Waals surface area contributed by atoms with E-state index < -0.39 is 0 Å². The molecule has 0 nitrogen and oxygen atoms in total. The Morgan fingerprint density at radius 1 is 0.308 bits per heavy atom. The Hall–Kier alpha value is -5.72. The maximum atomic E-state index is 2.80. The average Bonchev–Trinajstić information content (AvgIpc) is 1.62. The number of benzene rings is 8. The van der Waals surface area contributed by atoms with Crippen molar-refractivity contribution in [2.75, 3.05) is 0 Å². The summed E-state index contributed by atoms with van der Waals surface area (Å²) in [5.41, 5.74) is 27.8. The van der Waals surface area contributed by atoms with Crippen molar-refractivity contribution >= 4 is 21.5 Å². The van der Waals surface area contributed by atoms with Crippen LogP contribution in [0.4, 0.5) is 0 Å². The Morgan fingerprint density at radius 2 is 0.645 bits per heavy atom. The lowest BCUT2D eigenvalue weighted by Gasteiger charge is -2.61. The first kappa shape index (κ1) is 71.6. The Balaban J connectivity index is 0.563. The van der Waals surface area contributed by atoms with E-state index in [2.05, 4.69) is 244 Å². The molecule has 11 aliphatic carbocycles. The van der Waals surface area contributed by atoms with Crippen molar-refractivity contribution in [3.05, 3.63) is 178 Å². The summed E-state index contributed by atoms with van der Waals surface area (Å²) < 4.78 is 0. The highest BCUT2D eigenvalue weighted by molar-refractivity contribution is 6.11. The van der Waals surface area contributed by atoms with Crippen LogP contribution in [0.3, 0.4) is 0 Å². The summed E-state index contributed by atoms with van der Waals surface area (Å²) in [6.45, 7) is 41.3. The molecule has 0 aromatic heterocycles. The highest BCUT2D eigenvalue weighted by Gasteiger charge is 2.63. The Bertz CT molecular complexity index is 4490. The van der Waals surface area contributed by atoms with Gasteiger partial charge in [-0.05, 0) is 390 Å². The maximum Gasteiger partial charge on any atom is 0.0159 e. The van der Waals surface area contributed by atoms with Crippen LogP contribution < -0.4 is 0 Å². The molecule has 8 fully saturated rings. The van der Waals surface area contributed by atoms with Crippen molar-refractivity contribution < 1.29 is 0 Å². The Labute approximate surface area is 648 Å². The molecule has 0 bridgehead atoms. The van der Waals surface area contributed by atoms with E-state index in [9.17, 15) is 0 Å². The van der Waals surface area contributed by atoms with Gasteiger partial charge in [0.15, 0.2) is 0 Å². The van der Waals surface area contributed by atoms with E-state index in [1.165, 1.54) is 265 Å². The third-order valence-electron chi connectivity index (χ3n) is 36.4. The van der Waals surface area contributed by atoms with Crippen LogP contribution in [0.15, 0.2) is 133 Å². The average molecular weight is 1420 g/mol. The lowest BCUT2D eigenvalue weighted by atomic mass is 9.43. The van der Waals surface area contributed by atoms with Gasteiger partial charge in [-0.15, -0.1) is 0 Å². The molecule has 11 aliphatic rings. The van der Waals surface area contributed by atoms with Crippen LogP contribution >= 0.6 is 0 Å². The Morgan fingerprint density at radius 3 is 1.04 bits per heavy atom. The van der Waals surface area contributed by atoms with Gasteiger partial charge < -0.3 is 0 Å². The van der Waals surface area contributed by atoms with Crippen LogP contribution in [-0.4, -0.2) is 0 Å². The molecule has 0 heteroatoms. The summed E-state index contributed by atoms with van der Waals surface area (Å²) in [5.74, 6) is 14.1. The number of hydrogen-bond donors (Lipinski definition) is 0. The highest BCUT2D eigenvalue weighted by atomic mass is 14.7. The van der Waals surface area contributed by atoms with E-state index in [-0.39, 0.29) is 16.2 Å². The van der Waals surface area contributed by atoms with Crippen LogP contribution in [0.1, 0.15) is 321 Å². The summed E-state index contributed by atoms with van der Waals surface area (Å²) in [7, 11) is 0. The standard InChI is InChI=1S/C107H134/c1-63(2)23-21-25-65(5)87-43-45-89-79-41-39-73-55-71(47-51-104(73,13)91(79)49-53-106(87,89)15)67-31-35-69(36-32-67)81-57-97-99(77-29-19-17-27-75(77)81)85-61-93-83(59-95(85)102(97,9)10)84-60-96-86(62-94(84)101(93,7)8)100-78-30-20-18-28-76(78)82(58-98(100)103(96,11)12)70-37-33-68(34-38-70)72-48-52-105(14)74(56-72)40-42-80-90-46-44-88(66(6)26-22-24-64(3)4)107(90,16)54-50-92(80)105/h17-20,27-38,57-66,71-74,79-80,87-92H,21-26,39-56H2,1-16H3/t65-,66-,71?,72?,73+,74+,79+,80+,87-,88-,89+,90+,91+,92+,104+,105+,106-,107-/m1/s1. The third kappa shape index (κ3) is 10.7. The van der Waals surface area contributed by atoms with Gasteiger partial charge in [0.25, 0.3) is 0 Å². The normalized spacial score (nSPS) is 34.0. The lowest BCUT2D eigenvalue weighted by Crippen LogP contribution is -2.53. The van der Waals surface area contributed by atoms with Gasteiger partial charge in [0, 0.05) is 16.2 Å². The molecule has 0 amide bonds. The fraction of sp³-hybridized carbons (Fsp3) is 0.589. The fourth-order valence-electron chi connectivity index (χ4n) is 30.4. The monoisotopic (exact) mass is 1420 g/mol. The third-order valence-corrected chi connectivity index (χ3v) is 36.4. The molecule has 2 unspecified atom stereocenters. The molecule has 8 aromatic rings. The SMILES string of the molecule is CC(C)CCC[C@@H](C)[C@H]1CC[C@H]2[C@@H]3CC[C@H]4CC(c5ccc(-c6cc7c(c8ccccc68)-c6cc8c(cc6C7(C)C)-c6cc7c(cc6C8(C)C)-c6c(cc(-c8ccc(C9CC[C@@]%10(C)[C@@H](CC[C@@H]%11[C@@H]%10CC[C@]%10(C)[C@@H]([C@H](C)CCCC(C)C)CC[C@@H]%11%10)C9)cc8)c8ccccc68)C7(C)C)cc5)CC[C@]4(C)[C@H]3CC[C@]12C. The van der Waals surface area contributed by atoms with E-state index >= 15 is 0 Å². The minimum Gasteiger partial charge on any atom is -0.0628 e. The number of rotatable bonds is 14. The first-order valence-electron chi connectivity index (χ1n) is 44.9. The van der Waals surface area contributed by atoms with Crippen molar-refractivity contribution in [3.8, 4) is 55.6 Å². The van der Waals surface area contributed by atoms with Gasteiger partial charge in [0.1, 0.15) is 0 Å². The van der Waals surface area contributed by atoms with Crippen LogP contribution in [-0.2, 0) is 16.2 Å². The molecule has 0 radical (unpaired) electrons. The maximum absolute atomic E-state index is 2.80. The quantitative estimate of drug-likeness (QED) is 0.102. The molecule has 107 heavy (non-hydrogen) atoms. The second-order valence-electron chi connectivity index (χ2n) is 43.1. The van der Waals surface area contributed by atoms with E-state index in [0.717, 1.165) is 82.9 Å². The largest absolute Gasteiger partial charge is 0.0628 e. The van der Waals surface area contributed by atoms with Crippen molar-refractivity contribution in [1.82, 2.24) is 0 Å². The predicted octanol–water partition coefficient (Wildman–Crippen LogP) is 30.7. The molecule has 19 rings (SSSR count). The molecule has 0 heterocycles. The molecule has 0 saturated heterocycles. The molecule has 8 aromatic carbocycles. The van der Waals surface area contributed by atoms with Crippen LogP contribution in [0.2, 0.25) is 0 Å². The Kier molecular flexibility index (Phi) is 17.2. The van der Waals surface area contributed by atoms with E-state index in [1.54, 1.807) is 11.1 Å². The topological polar surface area (TPSA) is 0 Å². The molecule has 8 saturated carbocycles. The fourth-order valence-corrected chi connectivity index (χ4v) is 30.4. The second kappa shape index (κ2) is 25.7. The molecule has 562 valence electrons. The van der Waals surface area contributed by atoms with Crippen molar-refractivity contribution in [1.29, 1.82) is 0 Å². The van der Waals surface area contributed by atoms with E-state index in [4.69, 9.17) is 0 Å². The smallest absolute Gasteiger partial charge is 0.0159 e. The molecule has 18 atom stereocenters. The minimum absolute atomic E-state index is 0.179. The van der Waals surface area contributed by atoms with Gasteiger partial charge in [0.2, 0.25) is 0 Å². The molecule has 0 N–H and O–H groups in total. The van der Waals surface area contributed by atoms with Crippen LogP contribution in [0, 0.1) is 105 Å². The summed E-state index contributed by atoms with van der Waals surface area (Å²) in [5, 5.41) is 5.55.